The van der Waals surface area contributed by atoms with E-state index in [0.29, 0.717) is 19.4 Å². The van der Waals surface area contributed by atoms with E-state index in [0.717, 1.165) is 27.3 Å². The standard InChI is InChI=1S/C19H19N5OS/c1-23-12-14(16-5-2-3-6-17(16)23)11-18(25)20-9-7-15-13-26-19(22-15)24-10-4-8-21-24/h2-6,8,10,12-13H,7,9,11H2,1H3,(H,20,25). The lowest BCUT2D eigenvalue weighted by Crippen LogP contribution is -2.27. The fraction of sp³-hybridized carbons (Fsp3) is 0.211. The van der Waals surface area contributed by atoms with Crippen molar-refractivity contribution in [1.29, 1.82) is 0 Å². The molecule has 3 aromatic heterocycles. The Balaban J connectivity index is 1.33. The fourth-order valence-electron chi connectivity index (χ4n) is 3.03. The first-order valence-electron chi connectivity index (χ1n) is 8.45. The van der Waals surface area contributed by atoms with Crippen molar-refractivity contribution in [1.82, 2.24) is 24.6 Å². The third kappa shape index (κ3) is 3.39. The molecule has 0 aliphatic heterocycles. The molecule has 0 radical (unpaired) electrons. The second kappa shape index (κ2) is 7.13. The van der Waals surface area contributed by atoms with Crippen molar-refractivity contribution < 1.29 is 4.79 Å². The van der Waals surface area contributed by atoms with Crippen LogP contribution in [0.3, 0.4) is 0 Å². The molecule has 0 fully saturated rings. The number of hydrogen-bond acceptors (Lipinski definition) is 4. The molecule has 132 valence electrons. The van der Waals surface area contributed by atoms with Crippen molar-refractivity contribution in [2.45, 2.75) is 12.8 Å². The summed E-state index contributed by atoms with van der Waals surface area (Å²) in [5, 5.41) is 11.1. The highest BCUT2D eigenvalue weighted by molar-refractivity contribution is 7.12. The van der Waals surface area contributed by atoms with Gasteiger partial charge in [0, 0.05) is 54.9 Å². The monoisotopic (exact) mass is 365 g/mol. The summed E-state index contributed by atoms with van der Waals surface area (Å²) in [5.74, 6) is 0.0314. The number of fused-ring (bicyclic) bond motifs is 1. The molecule has 0 unspecified atom stereocenters. The molecule has 0 bridgehead atoms. The summed E-state index contributed by atoms with van der Waals surface area (Å²) in [7, 11) is 2.00. The number of aryl methyl sites for hydroxylation is 1. The molecule has 6 nitrogen and oxygen atoms in total. The highest BCUT2D eigenvalue weighted by Crippen LogP contribution is 2.20. The number of nitrogens with one attached hydrogen (secondary N) is 1. The van der Waals surface area contributed by atoms with E-state index in [1.54, 1.807) is 22.2 Å². The summed E-state index contributed by atoms with van der Waals surface area (Å²) < 4.78 is 3.80. The van der Waals surface area contributed by atoms with Gasteiger partial charge in [0.2, 0.25) is 11.0 Å². The number of carbonyl (C=O) groups excluding carboxylic acids is 1. The Morgan fingerprint density at radius 2 is 2.15 bits per heavy atom. The van der Waals surface area contributed by atoms with Gasteiger partial charge >= 0.3 is 0 Å². The molecule has 0 aliphatic rings. The normalized spacial score (nSPS) is 11.1. The summed E-state index contributed by atoms with van der Waals surface area (Å²) in [6.07, 6.45) is 6.72. The van der Waals surface area contributed by atoms with Crippen LogP contribution < -0.4 is 5.32 Å². The van der Waals surface area contributed by atoms with Gasteiger partial charge in [-0.05, 0) is 17.7 Å². The Bertz CT molecular complexity index is 1030. The largest absolute Gasteiger partial charge is 0.355 e. The molecule has 4 rings (SSSR count). The van der Waals surface area contributed by atoms with E-state index < -0.39 is 0 Å². The van der Waals surface area contributed by atoms with E-state index in [4.69, 9.17) is 0 Å². The molecular weight excluding hydrogens is 346 g/mol. The predicted molar refractivity (Wildman–Crippen MR) is 103 cm³/mol. The van der Waals surface area contributed by atoms with E-state index >= 15 is 0 Å². The average molecular weight is 365 g/mol. The number of nitrogens with zero attached hydrogens (tertiary/aromatic N) is 4. The van der Waals surface area contributed by atoms with E-state index in [2.05, 4.69) is 32.1 Å². The zero-order valence-corrected chi connectivity index (χ0v) is 15.2. The second-order valence-electron chi connectivity index (χ2n) is 6.13. The third-order valence-electron chi connectivity index (χ3n) is 4.27. The lowest BCUT2D eigenvalue weighted by molar-refractivity contribution is -0.120. The van der Waals surface area contributed by atoms with Crippen LogP contribution in [-0.4, -0.2) is 31.8 Å². The van der Waals surface area contributed by atoms with Crippen LogP contribution in [0, 0.1) is 0 Å². The van der Waals surface area contributed by atoms with Crippen LogP contribution in [0.5, 0.6) is 0 Å². The molecule has 7 heteroatoms. The molecule has 26 heavy (non-hydrogen) atoms. The molecule has 0 atom stereocenters. The minimum atomic E-state index is 0.0314. The molecule has 1 amide bonds. The number of thiazole rings is 1. The number of rotatable bonds is 6. The van der Waals surface area contributed by atoms with E-state index in [1.165, 1.54) is 0 Å². The molecule has 0 spiro atoms. The number of amides is 1. The van der Waals surface area contributed by atoms with Crippen molar-refractivity contribution in [3.05, 3.63) is 65.6 Å². The zero-order valence-electron chi connectivity index (χ0n) is 14.4. The van der Waals surface area contributed by atoms with Gasteiger partial charge in [0.25, 0.3) is 0 Å². The predicted octanol–water partition coefficient (Wildman–Crippen LogP) is 2.72. The van der Waals surface area contributed by atoms with E-state index in [1.807, 2.05) is 43.0 Å². The lowest BCUT2D eigenvalue weighted by atomic mass is 10.1. The first kappa shape index (κ1) is 16.5. The minimum absolute atomic E-state index is 0.0314. The maximum Gasteiger partial charge on any atom is 0.224 e. The summed E-state index contributed by atoms with van der Waals surface area (Å²) in [5.41, 5.74) is 3.16. The van der Waals surface area contributed by atoms with Crippen molar-refractivity contribution in [2.75, 3.05) is 6.54 Å². The topological polar surface area (TPSA) is 64.7 Å². The van der Waals surface area contributed by atoms with Crippen molar-refractivity contribution in [3.8, 4) is 5.13 Å². The number of aromatic nitrogens is 4. The maximum atomic E-state index is 12.3. The molecular formula is C19H19N5OS. The highest BCUT2D eigenvalue weighted by atomic mass is 32.1. The average Bonchev–Trinajstić information content (AvgIpc) is 3.37. The molecule has 0 aliphatic carbocycles. The molecule has 3 heterocycles. The van der Waals surface area contributed by atoms with Crippen LogP contribution in [0.2, 0.25) is 0 Å². The van der Waals surface area contributed by atoms with E-state index in [-0.39, 0.29) is 5.91 Å². The summed E-state index contributed by atoms with van der Waals surface area (Å²) in [6, 6.07) is 10.0. The summed E-state index contributed by atoms with van der Waals surface area (Å²) in [4.78, 5) is 16.8. The minimum Gasteiger partial charge on any atom is -0.355 e. The molecule has 0 saturated carbocycles. The van der Waals surface area contributed by atoms with Crippen molar-refractivity contribution >= 4 is 28.1 Å². The van der Waals surface area contributed by atoms with Crippen LogP contribution in [0.15, 0.2) is 54.3 Å². The van der Waals surface area contributed by atoms with Crippen LogP contribution in [0.25, 0.3) is 16.0 Å². The van der Waals surface area contributed by atoms with Gasteiger partial charge in [-0.2, -0.15) is 5.10 Å². The van der Waals surface area contributed by atoms with Crippen molar-refractivity contribution in [2.24, 2.45) is 7.05 Å². The van der Waals surface area contributed by atoms with Gasteiger partial charge in [-0.3, -0.25) is 4.79 Å². The Hall–Kier alpha value is -2.93. The van der Waals surface area contributed by atoms with Crippen LogP contribution in [0.1, 0.15) is 11.3 Å². The first-order chi connectivity index (χ1) is 12.7. The van der Waals surface area contributed by atoms with Gasteiger partial charge in [-0.25, -0.2) is 9.67 Å². The van der Waals surface area contributed by atoms with Gasteiger partial charge in [0.1, 0.15) is 0 Å². The number of carbonyl (C=O) groups is 1. The maximum absolute atomic E-state index is 12.3. The molecule has 4 aromatic rings. The SMILES string of the molecule is Cn1cc(CC(=O)NCCc2csc(-n3cccn3)n2)c2ccccc21. The van der Waals surface area contributed by atoms with E-state index in [9.17, 15) is 4.79 Å². The summed E-state index contributed by atoms with van der Waals surface area (Å²) in [6.45, 7) is 0.575. The van der Waals surface area contributed by atoms with Crippen molar-refractivity contribution in [3.63, 3.8) is 0 Å². The second-order valence-corrected chi connectivity index (χ2v) is 6.97. The van der Waals surface area contributed by atoms with Crippen LogP contribution in [-0.2, 0) is 24.7 Å². The quantitative estimate of drug-likeness (QED) is 0.571. The third-order valence-corrected chi connectivity index (χ3v) is 5.15. The van der Waals surface area contributed by atoms with Gasteiger partial charge in [0.05, 0.1) is 12.1 Å². The number of hydrogen-bond donors (Lipinski definition) is 1. The van der Waals surface area contributed by atoms with Gasteiger partial charge in [-0.1, -0.05) is 18.2 Å². The number of benzene rings is 1. The smallest absolute Gasteiger partial charge is 0.224 e. The Morgan fingerprint density at radius 1 is 1.27 bits per heavy atom. The van der Waals surface area contributed by atoms with Crippen LogP contribution in [0.4, 0.5) is 0 Å². The zero-order chi connectivity index (χ0) is 17.9. The van der Waals surface area contributed by atoms with Gasteiger partial charge in [0.15, 0.2) is 0 Å². The highest BCUT2D eigenvalue weighted by Gasteiger charge is 2.10. The van der Waals surface area contributed by atoms with Gasteiger partial charge < -0.3 is 9.88 Å². The molecule has 1 aromatic carbocycles. The summed E-state index contributed by atoms with van der Waals surface area (Å²) >= 11 is 1.55. The lowest BCUT2D eigenvalue weighted by Gasteiger charge is -2.03. The Morgan fingerprint density at radius 3 is 3.00 bits per heavy atom. The number of para-hydroxylation sites is 1. The Labute approximate surface area is 155 Å². The van der Waals surface area contributed by atoms with Crippen LogP contribution >= 0.6 is 11.3 Å². The Kier molecular flexibility index (Phi) is 4.53. The molecule has 0 saturated heterocycles. The van der Waals surface area contributed by atoms with Gasteiger partial charge in [-0.15, -0.1) is 11.3 Å². The molecule has 1 N–H and O–H groups in total. The first-order valence-corrected chi connectivity index (χ1v) is 9.33. The fourth-order valence-corrected chi connectivity index (χ4v) is 3.83.